The van der Waals surface area contributed by atoms with Crippen LogP contribution in [0.2, 0.25) is 0 Å². The third-order valence-electron chi connectivity index (χ3n) is 6.07. The lowest BCUT2D eigenvalue weighted by atomic mass is 10.1. The number of rotatable bonds is 8. The Balaban J connectivity index is 1.25. The van der Waals surface area contributed by atoms with Crippen molar-refractivity contribution in [2.75, 3.05) is 6.54 Å². The number of aromatic amines is 1. The molecule has 1 aromatic carbocycles. The van der Waals surface area contributed by atoms with Crippen LogP contribution in [-0.4, -0.2) is 32.2 Å². The van der Waals surface area contributed by atoms with Crippen LogP contribution in [-0.2, 0) is 19.3 Å². The van der Waals surface area contributed by atoms with Crippen LogP contribution in [0.3, 0.4) is 0 Å². The predicted octanol–water partition coefficient (Wildman–Crippen LogP) is 4.75. The highest BCUT2D eigenvalue weighted by atomic mass is 16.1. The molecule has 2 aromatic heterocycles. The van der Waals surface area contributed by atoms with Crippen molar-refractivity contribution in [3.63, 3.8) is 0 Å². The zero-order chi connectivity index (χ0) is 20.9. The maximum absolute atomic E-state index is 12.6. The highest BCUT2D eigenvalue weighted by Gasteiger charge is 2.20. The summed E-state index contributed by atoms with van der Waals surface area (Å²) in [6.45, 7) is 5.12. The summed E-state index contributed by atoms with van der Waals surface area (Å²) in [7, 11) is 0. The molecule has 0 saturated heterocycles. The Morgan fingerprint density at radius 2 is 1.97 bits per heavy atom. The molecule has 1 amide bonds. The zero-order valence-corrected chi connectivity index (χ0v) is 18.2. The first kappa shape index (κ1) is 20.6. The number of imidazole rings is 1. The van der Waals surface area contributed by atoms with Gasteiger partial charge in [-0.05, 0) is 64.5 Å². The Morgan fingerprint density at radius 3 is 2.83 bits per heavy atom. The quantitative estimate of drug-likeness (QED) is 0.418. The second kappa shape index (κ2) is 9.45. The van der Waals surface area contributed by atoms with Crippen molar-refractivity contribution in [1.82, 2.24) is 25.1 Å². The number of hydrogen-bond donors (Lipinski definition) is 2. The van der Waals surface area contributed by atoms with E-state index in [0.29, 0.717) is 18.3 Å². The summed E-state index contributed by atoms with van der Waals surface area (Å²) in [5.41, 5.74) is 5.19. The van der Waals surface area contributed by atoms with Crippen LogP contribution in [0.25, 0.3) is 11.0 Å². The molecule has 0 saturated carbocycles. The van der Waals surface area contributed by atoms with E-state index >= 15 is 0 Å². The molecule has 160 valence electrons. The van der Waals surface area contributed by atoms with Crippen LogP contribution < -0.4 is 5.32 Å². The van der Waals surface area contributed by atoms with Gasteiger partial charge in [-0.3, -0.25) is 9.89 Å². The van der Waals surface area contributed by atoms with E-state index in [1.54, 1.807) is 0 Å². The van der Waals surface area contributed by atoms with Gasteiger partial charge in [-0.25, -0.2) is 4.98 Å². The van der Waals surface area contributed by atoms with Gasteiger partial charge in [0.1, 0.15) is 5.82 Å². The van der Waals surface area contributed by atoms with E-state index in [2.05, 4.69) is 52.1 Å². The van der Waals surface area contributed by atoms with Gasteiger partial charge in [0.05, 0.1) is 11.0 Å². The van der Waals surface area contributed by atoms with Crippen molar-refractivity contribution in [2.45, 2.75) is 77.7 Å². The third kappa shape index (κ3) is 4.42. The maximum Gasteiger partial charge on any atom is 0.272 e. The smallest absolute Gasteiger partial charge is 0.272 e. The van der Waals surface area contributed by atoms with E-state index in [1.165, 1.54) is 18.4 Å². The lowest BCUT2D eigenvalue weighted by Crippen LogP contribution is -2.25. The number of aryl methyl sites for hydroxylation is 2. The first-order chi connectivity index (χ1) is 14.6. The largest absolute Gasteiger partial charge is 0.351 e. The number of nitrogens with one attached hydrogen (secondary N) is 2. The summed E-state index contributed by atoms with van der Waals surface area (Å²) in [6, 6.07) is 8.76. The SMILES string of the molecule is CC(C)n1c(CCCCCNC(=O)c2n[nH]c3c2CCCCC3)nc2ccccc21. The van der Waals surface area contributed by atoms with E-state index in [0.717, 1.165) is 67.5 Å². The molecule has 0 bridgehead atoms. The lowest BCUT2D eigenvalue weighted by Gasteiger charge is -2.13. The van der Waals surface area contributed by atoms with Gasteiger partial charge < -0.3 is 9.88 Å². The van der Waals surface area contributed by atoms with Crippen LogP contribution in [0.4, 0.5) is 0 Å². The van der Waals surface area contributed by atoms with Gasteiger partial charge in [0.15, 0.2) is 5.69 Å². The molecule has 0 aliphatic heterocycles. The molecule has 0 fully saturated rings. The molecule has 0 spiro atoms. The third-order valence-corrected chi connectivity index (χ3v) is 6.07. The average Bonchev–Trinajstić information content (AvgIpc) is 3.23. The van der Waals surface area contributed by atoms with Crippen LogP contribution in [0.1, 0.15) is 86.0 Å². The molecule has 1 aliphatic carbocycles. The van der Waals surface area contributed by atoms with Gasteiger partial charge in [0.2, 0.25) is 0 Å². The predicted molar refractivity (Wildman–Crippen MR) is 120 cm³/mol. The standard InChI is InChI=1S/C24H33N5O/c1-17(2)29-21-14-9-8-13-20(21)26-22(29)15-7-4-10-16-25-24(30)23-18-11-5-3-6-12-19(18)27-28-23/h8-9,13-14,17H,3-7,10-12,15-16H2,1-2H3,(H,25,30)(H,27,28). The fourth-order valence-electron chi connectivity index (χ4n) is 4.56. The van der Waals surface area contributed by atoms with Crippen LogP contribution in [0, 0.1) is 0 Å². The second-order valence-corrected chi connectivity index (χ2v) is 8.64. The highest BCUT2D eigenvalue weighted by molar-refractivity contribution is 5.94. The number of carbonyl (C=O) groups excluding carboxylic acids is 1. The molecule has 3 aromatic rings. The van der Waals surface area contributed by atoms with Crippen molar-refractivity contribution in [3.8, 4) is 0 Å². The maximum atomic E-state index is 12.6. The number of aromatic nitrogens is 4. The minimum absolute atomic E-state index is 0.0315. The van der Waals surface area contributed by atoms with Crippen molar-refractivity contribution in [3.05, 3.63) is 47.0 Å². The van der Waals surface area contributed by atoms with Crippen molar-refractivity contribution in [1.29, 1.82) is 0 Å². The first-order valence-corrected chi connectivity index (χ1v) is 11.5. The summed E-state index contributed by atoms with van der Waals surface area (Å²) in [5.74, 6) is 1.13. The van der Waals surface area contributed by atoms with Gasteiger partial charge in [0.25, 0.3) is 5.91 Å². The Labute approximate surface area is 178 Å². The fraction of sp³-hybridized carbons (Fsp3) is 0.542. The van der Waals surface area contributed by atoms with Crippen LogP contribution >= 0.6 is 0 Å². The molecule has 1 aliphatic rings. The molecular formula is C24H33N5O. The highest BCUT2D eigenvalue weighted by Crippen LogP contribution is 2.23. The van der Waals surface area contributed by atoms with Crippen molar-refractivity contribution in [2.24, 2.45) is 0 Å². The summed E-state index contributed by atoms with van der Waals surface area (Å²) in [6.07, 6.45) is 9.61. The van der Waals surface area contributed by atoms with Crippen molar-refractivity contribution >= 4 is 16.9 Å². The zero-order valence-electron chi connectivity index (χ0n) is 18.2. The number of nitrogens with zero attached hydrogens (tertiary/aromatic N) is 3. The number of H-pyrrole nitrogens is 1. The molecule has 30 heavy (non-hydrogen) atoms. The van der Waals surface area contributed by atoms with E-state index in [1.807, 2.05) is 6.07 Å². The molecule has 6 nitrogen and oxygen atoms in total. The van der Waals surface area contributed by atoms with Crippen LogP contribution in [0.5, 0.6) is 0 Å². The molecule has 2 N–H and O–H groups in total. The number of para-hydroxylation sites is 2. The lowest BCUT2D eigenvalue weighted by molar-refractivity contribution is 0.0947. The normalized spacial score (nSPS) is 14.1. The molecule has 0 unspecified atom stereocenters. The Kier molecular flexibility index (Phi) is 6.50. The number of carbonyl (C=O) groups is 1. The number of unbranched alkanes of at least 4 members (excludes halogenated alkanes) is 2. The van der Waals surface area contributed by atoms with Gasteiger partial charge in [-0.1, -0.05) is 25.0 Å². The first-order valence-electron chi connectivity index (χ1n) is 11.5. The van der Waals surface area contributed by atoms with E-state index < -0.39 is 0 Å². The van der Waals surface area contributed by atoms with E-state index in [4.69, 9.17) is 4.98 Å². The Hall–Kier alpha value is -2.63. The monoisotopic (exact) mass is 407 g/mol. The second-order valence-electron chi connectivity index (χ2n) is 8.64. The van der Waals surface area contributed by atoms with Crippen molar-refractivity contribution < 1.29 is 4.79 Å². The number of fused-ring (bicyclic) bond motifs is 2. The molecule has 0 atom stereocenters. The molecule has 4 rings (SSSR count). The summed E-state index contributed by atoms with van der Waals surface area (Å²) >= 11 is 0. The number of hydrogen-bond acceptors (Lipinski definition) is 3. The Morgan fingerprint density at radius 1 is 1.13 bits per heavy atom. The molecule has 2 heterocycles. The summed E-state index contributed by atoms with van der Waals surface area (Å²) < 4.78 is 2.35. The van der Waals surface area contributed by atoms with Gasteiger partial charge in [-0.15, -0.1) is 0 Å². The molecule has 0 radical (unpaired) electrons. The summed E-state index contributed by atoms with van der Waals surface area (Å²) in [5, 5.41) is 10.4. The average molecular weight is 408 g/mol. The molecular weight excluding hydrogens is 374 g/mol. The Bertz CT molecular complexity index is 1000. The van der Waals surface area contributed by atoms with Crippen LogP contribution in [0.15, 0.2) is 24.3 Å². The number of benzene rings is 1. The molecule has 6 heteroatoms. The van der Waals surface area contributed by atoms with Gasteiger partial charge in [-0.2, -0.15) is 5.10 Å². The van der Waals surface area contributed by atoms with E-state index in [9.17, 15) is 4.79 Å². The summed E-state index contributed by atoms with van der Waals surface area (Å²) in [4.78, 5) is 17.4. The van der Waals surface area contributed by atoms with Gasteiger partial charge >= 0.3 is 0 Å². The minimum Gasteiger partial charge on any atom is -0.351 e. The number of amides is 1. The minimum atomic E-state index is -0.0315. The fourth-order valence-corrected chi connectivity index (χ4v) is 4.56. The van der Waals surface area contributed by atoms with Gasteiger partial charge in [0, 0.05) is 30.3 Å². The topological polar surface area (TPSA) is 75.6 Å². The van der Waals surface area contributed by atoms with E-state index in [-0.39, 0.29) is 5.91 Å².